The van der Waals surface area contributed by atoms with Crippen molar-refractivity contribution in [1.29, 1.82) is 0 Å². The number of rotatable bonds is 3. The van der Waals surface area contributed by atoms with E-state index in [1.54, 1.807) is 6.92 Å². The highest BCUT2D eigenvalue weighted by atomic mass is 16.7. The number of carbonyl (C=O) groups is 1. The second-order valence-electron chi connectivity index (χ2n) is 2.72. The normalized spacial score (nSPS) is 20.1. The molecular weight excluding hydrogens is 160 g/mol. The average Bonchev–Trinajstić information content (AvgIpc) is 2.36. The topological polar surface area (TPSA) is 71.9 Å². The number of Topliss-reactive ketones (excluding diaryl/α,β-unsaturated/α-hetero) is 1. The van der Waals surface area contributed by atoms with Crippen molar-refractivity contribution >= 4 is 12.0 Å². The Balaban J connectivity index is 2.49. The summed E-state index contributed by atoms with van der Waals surface area (Å²) in [5.74, 6) is -1.15. The highest BCUT2D eigenvalue weighted by Crippen LogP contribution is 2.21. The number of ketones is 1. The Morgan fingerprint density at radius 3 is 2.75 bits per heavy atom. The van der Waals surface area contributed by atoms with Crippen molar-refractivity contribution in [1.82, 2.24) is 0 Å². The molecule has 0 aromatic rings. The van der Waals surface area contributed by atoms with Crippen molar-refractivity contribution in [3.8, 4) is 0 Å². The minimum atomic E-state index is -0.835. The fraction of sp³-hybridized carbons (Fsp3) is 0.714. The van der Waals surface area contributed by atoms with Gasteiger partial charge < -0.3 is 15.0 Å². The van der Waals surface area contributed by atoms with Crippen LogP contribution in [-0.4, -0.2) is 35.8 Å². The SMILES string of the molecule is CC1(CC(=O)C=[N+]=[N-])OCCO1. The molecular formula is C7H10N2O3. The Labute approximate surface area is 69.9 Å². The maximum Gasteiger partial charge on any atom is 0.323 e. The Morgan fingerprint density at radius 1 is 1.67 bits per heavy atom. The number of nitrogens with zero attached hydrogens (tertiary/aromatic N) is 2. The Bertz CT molecular complexity index is 227. The smallest absolute Gasteiger partial charge is 0.323 e. The van der Waals surface area contributed by atoms with Crippen LogP contribution in [0, 0.1) is 0 Å². The number of ether oxygens (including phenoxy) is 2. The van der Waals surface area contributed by atoms with Crippen LogP contribution in [0.4, 0.5) is 0 Å². The van der Waals surface area contributed by atoms with E-state index in [-0.39, 0.29) is 12.2 Å². The van der Waals surface area contributed by atoms with Gasteiger partial charge in [-0.25, -0.2) is 0 Å². The molecule has 1 aliphatic heterocycles. The summed E-state index contributed by atoms with van der Waals surface area (Å²) in [7, 11) is 0. The average molecular weight is 170 g/mol. The van der Waals surface area contributed by atoms with Gasteiger partial charge in [-0.2, -0.15) is 4.79 Å². The molecule has 1 rings (SSSR count). The van der Waals surface area contributed by atoms with E-state index in [4.69, 9.17) is 15.0 Å². The lowest BCUT2D eigenvalue weighted by Crippen LogP contribution is -2.29. The molecule has 66 valence electrons. The first-order chi connectivity index (χ1) is 5.66. The first-order valence-electron chi connectivity index (χ1n) is 3.64. The van der Waals surface area contributed by atoms with Gasteiger partial charge in [-0.1, -0.05) is 0 Å². The molecule has 0 saturated carbocycles. The summed E-state index contributed by atoms with van der Waals surface area (Å²) < 4.78 is 10.3. The molecule has 0 radical (unpaired) electrons. The monoisotopic (exact) mass is 170 g/mol. The predicted octanol–water partition coefficient (Wildman–Crippen LogP) is 0.00920. The highest BCUT2D eigenvalue weighted by molar-refractivity contribution is 6.25. The molecule has 1 heterocycles. The lowest BCUT2D eigenvalue weighted by Gasteiger charge is -2.19. The summed E-state index contributed by atoms with van der Waals surface area (Å²) >= 11 is 0. The van der Waals surface area contributed by atoms with Gasteiger partial charge in [0.1, 0.15) is 0 Å². The van der Waals surface area contributed by atoms with Gasteiger partial charge in [-0.15, -0.1) is 0 Å². The van der Waals surface area contributed by atoms with Gasteiger partial charge >= 0.3 is 6.21 Å². The van der Waals surface area contributed by atoms with Crippen molar-refractivity contribution in [3.63, 3.8) is 0 Å². The van der Waals surface area contributed by atoms with E-state index in [2.05, 4.69) is 4.79 Å². The van der Waals surface area contributed by atoms with Gasteiger partial charge in [0.15, 0.2) is 5.79 Å². The van der Waals surface area contributed by atoms with Gasteiger partial charge in [0.25, 0.3) is 0 Å². The van der Waals surface area contributed by atoms with Crippen molar-refractivity contribution in [2.75, 3.05) is 13.2 Å². The van der Waals surface area contributed by atoms with Gasteiger partial charge in [-0.3, -0.25) is 4.79 Å². The zero-order chi connectivity index (χ0) is 9.03. The van der Waals surface area contributed by atoms with Crippen molar-refractivity contribution in [2.45, 2.75) is 19.1 Å². The third kappa shape index (κ3) is 2.23. The number of hydrogen-bond acceptors (Lipinski definition) is 3. The summed E-state index contributed by atoms with van der Waals surface area (Å²) in [4.78, 5) is 13.6. The van der Waals surface area contributed by atoms with E-state index in [1.807, 2.05) is 0 Å². The van der Waals surface area contributed by atoms with E-state index >= 15 is 0 Å². The molecule has 0 atom stereocenters. The van der Waals surface area contributed by atoms with Crippen LogP contribution in [0.15, 0.2) is 0 Å². The lowest BCUT2D eigenvalue weighted by molar-refractivity contribution is -0.156. The third-order valence-corrected chi connectivity index (χ3v) is 1.60. The second kappa shape index (κ2) is 3.58. The molecule has 0 N–H and O–H groups in total. The van der Waals surface area contributed by atoms with Crippen LogP contribution >= 0.6 is 0 Å². The molecule has 0 bridgehead atoms. The van der Waals surface area contributed by atoms with Crippen LogP contribution in [0.1, 0.15) is 13.3 Å². The lowest BCUT2D eigenvalue weighted by atomic mass is 10.1. The molecule has 5 heteroatoms. The maximum atomic E-state index is 10.9. The standard InChI is InChI=1S/C7H10N2O3/c1-7(11-2-3-12-7)4-6(10)5-9-8/h5H,2-4H2,1H3. The quantitative estimate of drug-likeness (QED) is 0.340. The summed E-state index contributed by atoms with van der Waals surface area (Å²) in [6.07, 6.45) is 0.924. The summed E-state index contributed by atoms with van der Waals surface area (Å²) in [5.41, 5.74) is 8.06. The van der Waals surface area contributed by atoms with E-state index in [9.17, 15) is 4.79 Å². The first kappa shape index (κ1) is 9.06. The molecule has 0 spiro atoms. The summed E-state index contributed by atoms with van der Waals surface area (Å²) in [6, 6.07) is 0. The van der Waals surface area contributed by atoms with Gasteiger partial charge in [0, 0.05) is 0 Å². The van der Waals surface area contributed by atoms with E-state index in [0.717, 1.165) is 6.21 Å². The molecule has 5 nitrogen and oxygen atoms in total. The van der Waals surface area contributed by atoms with Gasteiger partial charge in [0.05, 0.1) is 19.6 Å². The fourth-order valence-electron chi connectivity index (χ4n) is 1.09. The fourth-order valence-corrected chi connectivity index (χ4v) is 1.09. The van der Waals surface area contributed by atoms with E-state index < -0.39 is 5.79 Å². The minimum absolute atomic E-state index is 0.0804. The largest absolute Gasteiger partial charge is 0.361 e. The molecule has 0 aromatic carbocycles. The number of hydrogen-bond donors (Lipinski definition) is 0. The van der Waals surface area contributed by atoms with Gasteiger partial charge in [0.2, 0.25) is 5.78 Å². The Morgan fingerprint density at radius 2 is 2.25 bits per heavy atom. The van der Waals surface area contributed by atoms with E-state index in [1.165, 1.54) is 0 Å². The van der Waals surface area contributed by atoms with Gasteiger partial charge in [-0.05, 0) is 6.92 Å². The molecule has 1 fully saturated rings. The zero-order valence-corrected chi connectivity index (χ0v) is 6.82. The summed E-state index contributed by atoms with van der Waals surface area (Å²) in [6.45, 7) is 2.68. The highest BCUT2D eigenvalue weighted by Gasteiger charge is 2.33. The molecule has 0 amide bonds. The summed E-state index contributed by atoms with van der Waals surface area (Å²) in [5, 5.41) is 0. The predicted molar refractivity (Wildman–Crippen MR) is 39.6 cm³/mol. The van der Waals surface area contributed by atoms with Crippen LogP contribution in [0.25, 0.3) is 5.53 Å². The van der Waals surface area contributed by atoms with E-state index in [0.29, 0.717) is 13.2 Å². The van der Waals surface area contributed by atoms with Crippen LogP contribution < -0.4 is 0 Å². The van der Waals surface area contributed by atoms with Crippen molar-refractivity contribution in [2.24, 2.45) is 0 Å². The molecule has 0 unspecified atom stereocenters. The Kier molecular flexibility index (Phi) is 2.70. The molecule has 0 aliphatic carbocycles. The minimum Gasteiger partial charge on any atom is -0.361 e. The zero-order valence-electron chi connectivity index (χ0n) is 6.82. The van der Waals surface area contributed by atoms with Crippen LogP contribution in [0.2, 0.25) is 0 Å². The van der Waals surface area contributed by atoms with Crippen LogP contribution in [0.3, 0.4) is 0 Å². The van der Waals surface area contributed by atoms with Crippen molar-refractivity contribution in [3.05, 3.63) is 5.53 Å². The molecule has 0 aromatic heterocycles. The molecule has 1 aliphatic rings. The van der Waals surface area contributed by atoms with Crippen molar-refractivity contribution < 1.29 is 19.1 Å². The maximum absolute atomic E-state index is 10.9. The first-order valence-corrected chi connectivity index (χ1v) is 3.64. The second-order valence-corrected chi connectivity index (χ2v) is 2.72. The third-order valence-electron chi connectivity index (χ3n) is 1.60. The molecule has 1 saturated heterocycles. The molecule has 12 heavy (non-hydrogen) atoms. The Hall–Kier alpha value is -1.03. The van der Waals surface area contributed by atoms with Crippen LogP contribution in [-0.2, 0) is 14.3 Å². The number of carbonyl (C=O) groups excluding carboxylic acids is 1. The van der Waals surface area contributed by atoms with Crippen LogP contribution in [0.5, 0.6) is 0 Å².